The van der Waals surface area contributed by atoms with Crippen molar-refractivity contribution in [2.24, 2.45) is 0 Å². The SMILES string of the molecule is COc1ccc(N2C(=S)N[C@H](c3ccccn3)[C@H]2c2ccn(C3CCCC3)c2)cc1NC(C)=O. The van der Waals surface area contributed by atoms with Crippen molar-refractivity contribution in [1.82, 2.24) is 14.9 Å². The lowest BCUT2D eigenvalue weighted by atomic mass is 9.98. The van der Waals surface area contributed by atoms with Crippen LogP contribution in [-0.4, -0.2) is 27.7 Å². The van der Waals surface area contributed by atoms with Crippen LogP contribution in [0.2, 0.25) is 0 Å². The Morgan fingerprint density at radius 2 is 2.03 bits per heavy atom. The van der Waals surface area contributed by atoms with Gasteiger partial charge in [0.2, 0.25) is 5.91 Å². The minimum absolute atomic E-state index is 0.0939. The molecule has 5 rings (SSSR count). The van der Waals surface area contributed by atoms with Gasteiger partial charge < -0.3 is 24.8 Å². The summed E-state index contributed by atoms with van der Waals surface area (Å²) in [4.78, 5) is 18.6. The van der Waals surface area contributed by atoms with Crippen LogP contribution in [0.4, 0.5) is 11.4 Å². The summed E-state index contributed by atoms with van der Waals surface area (Å²) in [5.41, 5.74) is 3.59. The van der Waals surface area contributed by atoms with Crippen molar-refractivity contribution in [1.29, 1.82) is 0 Å². The van der Waals surface area contributed by atoms with Gasteiger partial charge in [0.05, 0.1) is 30.6 Å². The number of thiocarbonyl (C=S) groups is 1. The Kier molecular flexibility index (Phi) is 6.24. The van der Waals surface area contributed by atoms with E-state index >= 15 is 0 Å². The summed E-state index contributed by atoms with van der Waals surface area (Å²) in [6.07, 6.45) is 11.3. The number of anilines is 2. The standard InChI is InChI=1S/C26H29N5O2S/c1-17(32)28-22-15-20(10-11-23(22)33-2)31-25(18-12-14-30(16-18)19-7-3-4-8-19)24(29-26(31)34)21-9-5-6-13-27-21/h5-6,9-16,19,24-25H,3-4,7-8H2,1-2H3,(H,28,32)(H,29,34)/t24-,25-/m1/s1. The van der Waals surface area contributed by atoms with Gasteiger partial charge in [0.25, 0.3) is 0 Å². The monoisotopic (exact) mass is 475 g/mol. The van der Waals surface area contributed by atoms with Gasteiger partial charge in [-0.3, -0.25) is 9.78 Å². The highest BCUT2D eigenvalue weighted by Crippen LogP contribution is 2.44. The predicted molar refractivity (Wildman–Crippen MR) is 137 cm³/mol. The molecule has 34 heavy (non-hydrogen) atoms. The first-order chi connectivity index (χ1) is 16.5. The zero-order valence-electron chi connectivity index (χ0n) is 19.4. The van der Waals surface area contributed by atoms with E-state index in [1.165, 1.54) is 38.2 Å². The van der Waals surface area contributed by atoms with E-state index in [2.05, 4.69) is 43.5 Å². The molecule has 1 amide bonds. The fourth-order valence-corrected chi connectivity index (χ4v) is 5.49. The number of aromatic nitrogens is 2. The number of pyridine rings is 1. The van der Waals surface area contributed by atoms with Crippen molar-refractivity contribution in [3.05, 3.63) is 72.3 Å². The third-order valence-electron chi connectivity index (χ3n) is 6.70. The smallest absolute Gasteiger partial charge is 0.221 e. The molecule has 2 N–H and O–H groups in total. The van der Waals surface area contributed by atoms with Gasteiger partial charge in [-0.15, -0.1) is 0 Å². The number of rotatable bonds is 6. The molecule has 0 unspecified atom stereocenters. The maximum atomic E-state index is 11.8. The van der Waals surface area contributed by atoms with E-state index in [-0.39, 0.29) is 18.0 Å². The zero-order chi connectivity index (χ0) is 23.7. The second-order valence-electron chi connectivity index (χ2n) is 8.89. The second kappa shape index (κ2) is 9.46. The first kappa shape index (κ1) is 22.4. The van der Waals surface area contributed by atoms with Crippen LogP contribution in [-0.2, 0) is 4.79 Å². The van der Waals surface area contributed by atoms with Gasteiger partial charge in [-0.1, -0.05) is 18.9 Å². The summed E-state index contributed by atoms with van der Waals surface area (Å²) in [6, 6.07) is 14.2. The Labute approximate surface area is 205 Å². The van der Waals surface area contributed by atoms with Gasteiger partial charge in [-0.05, 0) is 67.0 Å². The maximum Gasteiger partial charge on any atom is 0.221 e. The van der Waals surface area contributed by atoms with Crippen molar-refractivity contribution >= 4 is 34.6 Å². The molecule has 3 heterocycles. The maximum absolute atomic E-state index is 11.8. The second-order valence-corrected chi connectivity index (χ2v) is 9.28. The van der Waals surface area contributed by atoms with Crippen LogP contribution in [0, 0.1) is 0 Å². The molecule has 0 spiro atoms. The molecule has 2 aromatic heterocycles. The highest BCUT2D eigenvalue weighted by molar-refractivity contribution is 7.80. The first-order valence-electron chi connectivity index (χ1n) is 11.7. The summed E-state index contributed by atoms with van der Waals surface area (Å²) >= 11 is 5.84. The molecule has 1 aromatic carbocycles. The lowest BCUT2D eigenvalue weighted by Gasteiger charge is -2.28. The summed E-state index contributed by atoms with van der Waals surface area (Å²) in [5.74, 6) is 0.441. The average Bonchev–Trinajstić information content (AvgIpc) is 3.59. The number of carbonyl (C=O) groups is 1. The molecule has 3 aromatic rings. The number of nitrogens with one attached hydrogen (secondary N) is 2. The van der Waals surface area contributed by atoms with E-state index in [9.17, 15) is 4.79 Å². The minimum Gasteiger partial charge on any atom is -0.495 e. The summed E-state index contributed by atoms with van der Waals surface area (Å²) in [7, 11) is 1.59. The van der Waals surface area contributed by atoms with Crippen molar-refractivity contribution in [3.8, 4) is 5.75 Å². The highest BCUT2D eigenvalue weighted by Gasteiger charge is 2.41. The number of carbonyl (C=O) groups excluding carboxylic acids is 1. The molecule has 176 valence electrons. The molecule has 2 fully saturated rings. The van der Waals surface area contributed by atoms with Crippen LogP contribution in [0.15, 0.2) is 61.1 Å². The van der Waals surface area contributed by atoms with E-state index in [4.69, 9.17) is 17.0 Å². The average molecular weight is 476 g/mol. The molecular formula is C26H29N5O2S. The Balaban J connectivity index is 1.57. The zero-order valence-corrected chi connectivity index (χ0v) is 20.2. The van der Waals surface area contributed by atoms with E-state index in [0.29, 0.717) is 22.6 Å². The van der Waals surface area contributed by atoms with Crippen LogP contribution in [0.1, 0.15) is 62.0 Å². The number of amides is 1. The Hall–Kier alpha value is -3.39. The Morgan fingerprint density at radius 3 is 2.74 bits per heavy atom. The molecule has 1 aliphatic heterocycles. The quantitative estimate of drug-likeness (QED) is 0.481. The lowest BCUT2D eigenvalue weighted by molar-refractivity contribution is -0.114. The Morgan fingerprint density at radius 1 is 1.21 bits per heavy atom. The van der Waals surface area contributed by atoms with Crippen molar-refractivity contribution in [2.75, 3.05) is 17.3 Å². The summed E-state index contributed by atoms with van der Waals surface area (Å²) in [6.45, 7) is 1.49. The van der Waals surface area contributed by atoms with Gasteiger partial charge in [0.15, 0.2) is 5.11 Å². The minimum atomic E-state index is -0.158. The van der Waals surface area contributed by atoms with Crippen molar-refractivity contribution in [2.45, 2.75) is 50.7 Å². The third-order valence-corrected chi connectivity index (χ3v) is 7.01. The molecule has 7 nitrogen and oxygen atoms in total. The van der Waals surface area contributed by atoms with Gasteiger partial charge in [-0.25, -0.2) is 0 Å². The van der Waals surface area contributed by atoms with Gasteiger partial charge in [0, 0.05) is 37.2 Å². The fraction of sp³-hybridized carbons (Fsp3) is 0.346. The molecule has 2 atom stereocenters. The topological polar surface area (TPSA) is 71.4 Å². The van der Waals surface area contributed by atoms with Crippen LogP contribution < -0.4 is 20.3 Å². The van der Waals surface area contributed by atoms with E-state index in [1.54, 1.807) is 7.11 Å². The molecule has 1 saturated carbocycles. The molecule has 1 aliphatic carbocycles. The van der Waals surface area contributed by atoms with Crippen molar-refractivity contribution < 1.29 is 9.53 Å². The number of methoxy groups -OCH3 is 1. The lowest BCUT2D eigenvalue weighted by Crippen LogP contribution is -2.29. The molecular weight excluding hydrogens is 446 g/mol. The van der Waals surface area contributed by atoms with Gasteiger partial charge in [0.1, 0.15) is 5.75 Å². The number of hydrogen-bond donors (Lipinski definition) is 2. The molecule has 8 heteroatoms. The number of ether oxygens (including phenoxy) is 1. The largest absolute Gasteiger partial charge is 0.495 e. The summed E-state index contributed by atoms with van der Waals surface area (Å²) in [5, 5.41) is 6.99. The van der Waals surface area contributed by atoms with Crippen LogP contribution in [0.3, 0.4) is 0 Å². The normalized spacial score (nSPS) is 20.4. The molecule has 1 saturated heterocycles. The fourth-order valence-electron chi connectivity index (χ4n) is 5.14. The van der Waals surface area contributed by atoms with E-state index in [1.807, 2.05) is 42.6 Å². The van der Waals surface area contributed by atoms with Crippen LogP contribution >= 0.6 is 12.2 Å². The number of benzene rings is 1. The van der Waals surface area contributed by atoms with Gasteiger partial charge in [-0.2, -0.15) is 0 Å². The third kappa shape index (κ3) is 4.25. The Bertz CT molecular complexity index is 1190. The highest BCUT2D eigenvalue weighted by atomic mass is 32.1. The van der Waals surface area contributed by atoms with E-state index in [0.717, 1.165) is 11.4 Å². The first-order valence-corrected chi connectivity index (χ1v) is 12.1. The van der Waals surface area contributed by atoms with E-state index < -0.39 is 0 Å². The van der Waals surface area contributed by atoms with Crippen LogP contribution in [0.5, 0.6) is 5.75 Å². The summed E-state index contributed by atoms with van der Waals surface area (Å²) < 4.78 is 7.81. The molecule has 0 radical (unpaired) electrons. The number of nitrogens with zero attached hydrogens (tertiary/aromatic N) is 3. The van der Waals surface area contributed by atoms with Crippen LogP contribution in [0.25, 0.3) is 0 Å². The molecule has 2 aliphatic rings. The van der Waals surface area contributed by atoms with Gasteiger partial charge >= 0.3 is 0 Å². The predicted octanol–water partition coefficient (Wildman–Crippen LogP) is 5.14. The number of hydrogen-bond acceptors (Lipinski definition) is 4. The molecule has 0 bridgehead atoms. The van der Waals surface area contributed by atoms with Crippen molar-refractivity contribution in [3.63, 3.8) is 0 Å².